The van der Waals surface area contributed by atoms with Crippen LogP contribution in [0.5, 0.6) is 0 Å². The first-order valence-electron chi connectivity index (χ1n) is 12.6. The summed E-state index contributed by atoms with van der Waals surface area (Å²) in [5.74, 6) is -2.54. The zero-order valence-corrected chi connectivity index (χ0v) is 24.1. The van der Waals surface area contributed by atoms with Gasteiger partial charge in [-0.1, -0.05) is 5.16 Å². The number of hydrogen-bond donors (Lipinski definition) is 2. The molecule has 41 heavy (non-hydrogen) atoms. The average Bonchev–Trinajstić information content (AvgIpc) is 3.56. The molecule has 3 N–H and O–H groups in total. The number of aromatic nitrogens is 5. The van der Waals surface area contributed by atoms with E-state index >= 15 is 0 Å². The Balaban J connectivity index is 1.34. The maximum absolute atomic E-state index is 13.2. The highest BCUT2D eigenvalue weighted by atomic mass is 32.2. The van der Waals surface area contributed by atoms with Crippen LogP contribution < -0.4 is 20.7 Å². The summed E-state index contributed by atoms with van der Waals surface area (Å²) in [6.45, 7) is 1.94. The van der Waals surface area contributed by atoms with E-state index in [-0.39, 0.29) is 28.9 Å². The molecule has 0 saturated carbocycles. The van der Waals surface area contributed by atoms with Crippen LogP contribution in [-0.2, 0) is 32.3 Å². The number of fused-ring (bicyclic) bond motifs is 2. The van der Waals surface area contributed by atoms with Gasteiger partial charge in [0.1, 0.15) is 30.6 Å². The highest BCUT2D eigenvalue weighted by Crippen LogP contribution is 2.40. The molecule has 2 atom stereocenters. The second-order valence-corrected chi connectivity index (χ2v) is 11.5. The zero-order chi connectivity index (χ0) is 29.3. The van der Waals surface area contributed by atoms with Gasteiger partial charge in [0.25, 0.3) is 11.8 Å². The van der Waals surface area contributed by atoms with Gasteiger partial charge in [0.15, 0.2) is 5.13 Å². The summed E-state index contributed by atoms with van der Waals surface area (Å²) in [5.41, 5.74) is 7.30. The number of carbonyl (C=O) groups is 3. The minimum atomic E-state index is -1.46. The van der Waals surface area contributed by atoms with Crippen molar-refractivity contribution in [1.82, 2.24) is 34.0 Å². The van der Waals surface area contributed by atoms with Gasteiger partial charge in [0.05, 0.1) is 17.9 Å². The first-order chi connectivity index (χ1) is 19.7. The molecule has 0 aliphatic carbocycles. The number of aryl methyl sites for hydroxylation is 1. The largest absolute Gasteiger partial charge is 0.543 e. The number of β-lactam (4-membered cyclic amide) rings is 1. The van der Waals surface area contributed by atoms with Gasteiger partial charge in [-0.15, -0.1) is 11.8 Å². The third kappa shape index (κ3) is 5.59. The molecule has 0 spiro atoms. The van der Waals surface area contributed by atoms with Crippen LogP contribution in [0.15, 0.2) is 41.1 Å². The maximum atomic E-state index is 13.2. The van der Waals surface area contributed by atoms with Crippen molar-refractivity contribution in [3.05, 3.63) is 41.8 Å². The van der Waals surface area contributed by atoms with Crippen molar-refractivity contribution in [3.63, 3.8) is 0 Å². The Hall–Kier alpha value is -4.09. The molecule has 17 heteroatoms. The molecule has 0 radical (unpaired) electrons. The molecule has 1 fully saturated rings. The fourth-order valence-corrected chi connectivity index (χ4v) is 6.53. The van der Waals surface area contributed by atoms with Crippen LogP contribution >= 0.6 is 23.3 Å². The van der Waals surface area contributed by atoms with E-state index in [0.29, 0.717) is 17.0 Å². The Morgan fingerprint density at radius 2 is 2.20 bits per heavy atom. The summed E-state index contributed by atoms with van der Waals surface area (Å²) in [7, 11) is 5.30. The average molecular weight is 601 g/mol. The lowest BCUT2D eigenvalue weighted by Gasteiger charge is -2.50. The van der Waals surface area contributed by atoms with E-state index in [1.807, 2.05) is 37.0 Å². The summed E-state index contributed by atoms with van der Waals surface area (Å²) >= 11 is 2.22. The van der Waals surface area contributed by atoms with Crippen LogP contribution in [0, 0.1) is 0 Å². The van der Waals surface area contributed by atoms with Crippen molar-refractivity contribution in [2.75, 3.05) is 39.2 Å². The highest BCUT2D eigenvalue weighted by molar-refractivity contribution is 8.00. The van der Waals surface area contributed by atoms with Gasteiger partial charge in [0, 0.05) is 29.4 Å². The third-order valence-electron chi connectivity index (χ3n) is 6.59. The summed E-state index contributed by atoms with van der Waals surface area (Å²) < 4.78 is 7.90. The minimum absolute atomic E-state index is 0.0456. The normalized spacial score (nSPS) is 19.0. The molecule has 15 nitrogen and oxygen atoms in total. The van der Waals surface area contributed by atoms with Crippen LogP contribution in [0.3, 0.4) is 0 Å². The van der Waals surface area contributed by atoms with Crippen molar-refractivity contribution < 1.29 is 28.9 Å². The quantitative estimate of drug-likeness (QED) is 0.109. The second-order valence-electron chi connectivity index (χ2n) is 9.62. The number of rotatable bonds is 11. The Labute approximate surface area is 242 Å². The molecule has 5 rings (SSSR count). The maximum Gasteiger partial charge on any atom is 0.349 e. The number of carboxylic acid groups (broad SMARTS) is 1. The fourth-order valence-electron chi connectivity index (χ4n) is 4.76. The number of nitrogens with zero attached hydrogens (tertiary/aromatic N) is 8. The van der Waals surface area contributed by atoms with E-state index in [0.717, 1.165) is 41.5 Å². The molecule has 1 saturated heterocycles. The number of carbonyl (C=O) groups excluding carboxylic acids is 3. The highest BCUT2D eigenvalue weighted by Gasteiger charge is 2.53. The monoisotopic (exact) mass is 600 g/mol. The van der Waals surface area contributed by atoms with Gasteiger partial charge in [-0.25, -0.2) is 4.57 Å². The molecule has 3 aromatic rings. The van der Waals surface area contributed by atoms with Gasteiger partial charge >= 0.3 is 5.65 Å². The number of pyridine rings is 1. The molecule has 2 amide bonds. The van der Waals surface area contributed by atoms with Gasteiger partial charge < -0.3 is 35.3 Å². The van der Waals surface area contributed by atoms with Gasteiger partial charge in [0.2, 0.25) is 17.9 Å². The topological polar surface area (TPSA) is 188 Å². The number of thioether (sulfide) groups is 1. The number of hydrogen-bond acceptors (Lipinski definition) is 13. The number of nitrogens with two attached hydrogens (primary N) is 1. The molecular weight excluding hydrogens is 572 g/mol. The van der Waals surface area contributed by atoms with E-state index in [1.54, 1.807) is 6.33 Å². The van der Waals surface area contributed by atoms with Gasteiger partial charge in [-0.05, 0) is 44.2 Å². The van der Waals surface area contributed by atoms with Crippen LogP contribution in [-0.4, -0.2) is 97.1 Å². The first kappa shape index (κ1) is 28.4. The van der Waals surface area contributed by atoms with Gasteiger partial charge in [-0.3, -0.25) is 14.5 Å². The summed E-state index contributed by atoms with van der Waals surface area (Å²) in [5, 5.41) is 18.0. The molecule has 2 aliphatic rings. The number of aliphatic carboxylic acids is 1. The smallest absolute Gasteiger partial charge is 0.349 e. The van der Waals surface area contributed by atoms with Crippen molar-refractivity contribution in [1.29, 1.82) is 0 Å². The number of nitrogen functional groups attached to an aromatic ring is 1. The van der Waals surface area contributed by atoms with Crippen LogP contribution in [0.4, 0.5) is 5.13 Å². The fraction of sp³-hybridized carbons (Fsp3) is 0.417. The molecule has 2 aliphatic heterocycles. The van der Waals surface area contributed by atoms with Crippen LogP contribution in [0.2, 0.25) is 0 Å². The number of anilines is 1. The van der Waals surface area contributed by atoms with Crippen molar-refractivity contribution >= 4 is 63.1 Å². The lowest BCUT2D eigenvalue weighted by Crippen LogP contribution is -2.71. The summed E-state index contributed by atoms with van der Waals surface area (Å²) in [4.78, 5) is 54.9. The number of carboxylic acids is 1. The predicted octanol–water partition coefficient (Wildman–Crippen LogP) is -1.84. The number of imidazole rings is 1. The molecule has 0 aromatic carbocycles. The van der Waals surface area contributed by atoms with E-state index in [1.165, 1.54) is 18.9 Å². The Morgan fingerprint density at radius 1 is 1.39 bits per heavy atom. The Kier molecular flexibility index (Phi) is 8.18. The second kappa shape index (κ2) is 11.8. The number of amides is 2. The first-order valence-corrected chi connectivity index (χ1v) is 14.4. The van der Waals surface area contributed by atoms with E-state index in [9.17, 15) is 19.5 Å². The molecule has 0 bridgehead atoms. The molecule has 216 valence electrons. The summed E-state index contributed by atoms with van der Waals surface area (Å²) in [6.07, 6.45) is 4.56. The van der Waals surface area contributed by atoms with Crippen molar-refractivity contribution in [3.8, 4) is 0 Å². The minimum Gasteiger partial charge on any atom is -0.543 e. The molecule has 5 heterocycles. The standard InChI is InChI=1S/C24H28N10O5S2/c1-31(2)7-5-9-33-12-26-19-14(33)6-4-8-32(19)10-13-11-40-22-16(21(36)34(22)17(13)23(37)38)27-20(35)15(29-39-3)18-28-24(25)41-30-18/h4,6,8,12,16,22H,5,7,9-11H2,1-3H3,(H3-,25,27,28,30,35,37,38)/b29-15-. The lowest BCUT2D eigenvalue weighted by molar-refractivity contribution is -0.664. The molecule has 3 aromatic heterocycles. The zero-order valence-electron chi connectivity index (χ0n) is 22.5. The Morgan fingerprint density at radius 3 is 2.88 bits per heavy atom. The van der Waals surface area contributed by atoms with Crippen molar-refractivity contribution in [2.24, 2.45) is 5.16 Å². The third-order valence-corrected chi connectivity index (χ3v) is 8.48. The SMILES string of the molecule is CO/N=C(\C(=O)NC1C(=O)N2C(C(=O)[O-])=C(C[n+]3cccc4c3ncn4CCCN(C)C)CSC12)c1nsc(N)n1. The Bertz CT molecular complexity index is 1560. The van der Waals surface area contributed by atoms with E-state index < -0.39 is 29.2 Å². The van der Waals surface area contributed by atoms with Crippen molar-refractivity contribution in [2.45, 2.75) is 30.9 Å². The van der Waals surface area contributed by atoms with Crippen LogP contribution in [0.1, 0.15) is 12.2 Å². The van der Waals surface area contributed by atoms with E-state index in [2.05, 4.69) is 34.3 Å². The molecular formula is C24H28N10O5S2. The van der Waals surface area contributed by atoms with E-state index in [4.69, 9.17) is 10.6 Å². The lowest BCUT2D eigenvalue weighted by atomic mass is 10.0. The number of oxime groups is 1. The summed E-state index contributed by atoms with van der Waals surface area (Å²) in [6, 6.07) is 2.86. The van der Waals surface area contributed by atoms with Crippen LogP contribution in [0.25, 0.3) is 11.2 Å². The van der Waals surface area contributed by atoms with Gasteiger partial charge in [-0.2, -0.15) is 9.36 Å². The number of nitrogens with one attached hydrogen (secondary N) is 1. The molecule has 2 unspecified atom stereocenters. The predicted molar refractivity (Wildman–Crippen MR) is 148 cm³/mol.